The van der Waals surface area contributed by atoms with Crippen LogP contribution in [0.4, 0.5) is 0 Å². The molecule has 122 valence electrons. The van der Waals surface area contributed by atoms with Gasteiger partial charge in [-0.2, -0.15) is 0 Å². The lowest BCUT2D eigenvalue weighted by atomic mass is 10.0. The predicted molar refractivity (Wildman–Crippen MR) is 103 cm³/mol. The first-order chi connectivity index (χ1) is 12.4. The molecule has 0 fully saturated rings. The Hall–Kier alpha value is -3.00. The van der Waals surface area contributed by atoms with Crippen molar-refractivity contribution in [3.05, 3.63) is 108 Å². The molecule has 0 aliphatic carbocycles. The highest BCUT2D eigenvalue weighted by Crippen LogP contribution is 2.19. The van der Waals surface area contributed by atoms with Gasteiger partial charge in [-0.1, -0.05) is 54.6 Å². The molecule has 2 heterocycles. The summed E-state index contributed by atoms with van der Waals surface area (Å²) in [7, 11) is 0. The zero-order chi connectivity index (χ0) is 16.9. The summed E-state index contributed by atoms with van der Waals surface area (Å²) < 4.78 is 0. The average Bonchev–Trinajstić information content (AvgIpc) is 2.69. The summed E-state index contributed by atoms with van der Waals surface area (Å²) in [5.74, 6) is 0. The van der Waals surface area contributed by atoms with Crippen molar-refractivity contribution in [2.75, 3.05) is 0 Å². The third-order valence-corrected chi connectivity index (χ3v) is 4.58. The molecule has 0 saturated heterocycles. The van der Waals surface area contributed by atoms with Crippen molar-refractivity contribution in [1.29, 1.82) is 0 Å². The molecule has 0 saturated carbocycles. The number of rotatable bonds is 5. The highest BCUT2D eigenvalue weighted by atomic mass is 14.7. The topological polar surface area (TPSA) is 25.8 Å². The molecule has 0 aliphatic rings. The van der Waals surface area contributed by atoms with Gasteiger partial charge in [-0.05, 0) is 47.1 Å². The quantitative estimate of drug-likeness (QED) is 0.516. The number of nitrogens with zero attached hydrogens (tertiary/aromatic N) is 2. The van der Waals surface area contributed by atoms with Crippen LogP contribution in [-0.4, -0.2) is 9.97 Å². The molecule has 2 heteroatoms. The number of hydrogen-bond donors (Lipinski definition) is 0. The van der Waals surface area contributed by atoms with E-state index < -0.39 is 0 Å². The number of aromatic nitrogens is 2. The molecule has 0 aliphatic heterocycles. The van der Waals surface area contributed by atoms with Crippen molar-refractivity contribution in [3.63, 3.8) is 0 Å². The molecule has 0 bridgehead atoms. The fourth-order valence-corrected chi connectivity index (χ4v) is 3.17. The summed E-state index contributed by atoms with van der Waals surface area (Å²) in [4.78, 5) is 8.77. The molecular formula is C23H20N2. The highest BCUT2D eigenvalue weighted by molar-refractivity contribution is 5.84. The lowest BCUT2D eigenvalue weighted by Gasteiger charge is -2.07. The van der Waals surface area contributed by atoms with Crippen LogP contribution in [0, 0.1) is 0 Å². The van der Waals surface area contributed by atoms with E-state index in [1.54, 1.807) is 0 Å². The molecular weight excluding hydrogens is 304 g/mol. The number of pyridine rings is 2. The summed E-state index contributed by atoms with van der Waals surface area (Å²) in [6, 6.07) is 23.6. The molecule has 4 aromatic rings. The molecule has 0 amide bonds. The van der Waals surface area contributed by atoms with Crippen LogP contribution in [0.1, 0.15) is 22.4 Å². The number of benzene rings is 2. The van der Waals surface area contributed by atoms with Crippen LogP contribution in [0.3, 0.4) is 0 Å². The van der Waals surface area contributed by atoms with Crippen LogP contribution in [0.5, 0.6) is 0 Å². The second kappa shape index (κ2) is 7.27. The zero-order valence-electron chi connectivity index (χ0n) is 14.1. The normalized spacial score (nSPS) is 10.9. The standard InChI is InChI=1S/C23H20N2/c1-2-6-22-21(5-1)13-15-25-23(22)16-19-10-7-18(8-11-19)9-12-20-4-3-14-24-17-20/h1-8,10-11,13-15,17H,9,12,16H2. The fraction of sp³-hybridized carbons (Fsp3) is 0.130. The van der Waals surface area contributed by atoms with Crippen molar-refractivity contribution >= 4 is 10.8 Å². The molecule has 2 aromatic heterocycles. The van der Waals surface area contributed by atoms with Gasteiger partial charge < -0.3 is 0 Å². The SMILES string of the molecule is c1cncc(CCc2ccc(Cc3nccc4ccccc34)cc2)c1. The van der Waals surface area contributed by atoms with Crippen LogP contribution < -0.4 is 0 Å². The summed E-state index contributed by atoms with van der Waals surface area (Å²) in [5, 5.41) is 2.49. The molecule has 2 nitrogen and oxygen atoms in total. The summed E-state index contributed by atoms with van der Waals surface area (Å²) in [6.45, 7) is 0. The van der Waals surface area contributed by atoms with Gasteiger partial charge in [-0.3, -0.25) is 9.97 Å². The maximum Gasteiger partial charge on any atom is 0.0525 e. The second-order valence-corrected chi connectivity index (χ2v) is 6.33. The Morgan fingerprint density at radius 2 is 1.44 bits per heavy atom. The molecule has 0 radical (unpaired) electrons. The van der Waals surface area contributed by atoms with Gasteiger partial charge in [0.1, 0.15) is 0 Å². The molecule has 2 aromatic carbocycles. The molecule has 0 unspecified atom stereocenters. The zero-order valence-corrected chi connectivity index (χ0v) is 14.1. The smallest absolute Gasteiger partial charge is 0.0525 e. The van der Waals surface area contributed by atoms with E-state index in [9.17, 15) is 0 Å². The van der Waals surface area contributed by atoms with Crippen LogP contribution in [0.25, 0.3) is 10.8 Å². The Bertz CT molecular complexity index is 955. The van der Waals surface area contributed by atoms with E-state index in [0.29, 0.717) is 0 Å². The first kappa shape index (κ1) is 15.5. The largest absolute Gasteiger partial charge is 0.264 e. The maximum atomic E-state index is 4.59. The van der Waals surface area contributed by atoms with Gasteiger partial charge in [0, 0.05) is 30.4 Å². The minimum Gasteiger partial charge on any atom is -0.264 e. The van der Waals surface area contributed by atoms with Gasteiger partial charge in [0.2, 0.25) is 0 Å². The monoisotopic (exact) mass is 324 g/mol. The third-order valence-electron chi connectivity index (χ3n) is 4.58. The highest BCUT2D eigenvalue weighted by Gasteiger charge is 2.04. The van der Waals surface area contributed by atoms with E-state index in [1.807, 2.05) is 24.7 Å². The minimum absolute atomic E-state index is 0.865. The predicted octanol–water partition coefficient (Wildman–Crippen LogP) is 5.01. The van der Waals surface area contributed by atoms with E-state index in [-0.39, 0.29) is 0 Å². The van der Waals surface area contributed by atoms with E-state index in [2.05, 4.69) is 70.6 Å². The van der Waals surface area contributed by atoms with Gasteiger partial charge >= 0.3 is 0 Å². The van der Waals surface area contributed by atoms with Gasteiger partial charge in [-0.15, -0.1) is 0 Å². The molecule has 4 rings (SSSR count). The van der Waals surface area contributed by atoms with Gasteiger partial charge in [0.05, 0.1) is 5.69 Å². The third kappa shape index (κ3) is 3.74. The Morgan fingerprint density at radius 3 is 2.28 bits per heavy atom. The maximum absolute atomic E-state index is 4.59. The molecule has 0 N–H and O–H groups in total. The van der Waals surface area contributed by atoms with Crippen molar-refractivity contribution in [2.45, 2.75) is 19.3 Å². The van der Waals surface area contributed by atoms with Crippen LogP contribution in [0.2, 0.25) is 0 Å². The molecule has 0 atom stereocenters. The van der Waals surface area contributed by atoms with Crippen molar-refractivity contribution in [1.82, 2.24) is 9.97 Å². The van der Waals surface area contributed by atoms with E-state index in [1.165, 1.54) is 27.5 Å². The number of hydrogen-bond acceptors (Lipinski definition) is 2. The second-order valence-electron chi connectivity index (χ2n) is 6.33. The molecule has 25 heavy (non-hydrogen) atoms. The van der Waals surface area contributed by atoms with Crippen molar-refractivity contribution < 1.29 is 0 Å². The Kier molecular flexibility index (Phi) is 4.51. The number of fused-ring (bicyclic) bond motifs is 1. The Morgan fingerprint density at radius 1 is 0.640 bits per heavy atom. The first-order valence-corrected chi connectivity index (χ1v) is 8.68. The van der Waals surface area contributed by atoms with Crippen LogP contribution >= 0.6 is 0 Å². The van der Waals surface area contributed by atoms with E-state index >= 15 is 0 Å². The van der Waals surface area contributed by atoms with E-state index in [0.717, 1.165) is 25.0 Å². The number of aryl methyl sites for hydroxylation is 2. The average molecular weight is 324 g/mol. The van der Waals surface area contributed by atoms with Gasteiger partial charge in [-0.25, -0.2) is 0 Å². The Labute approximate surface area is 148 Å². The van der Waals surface area contributed by atoms with Gasteiger partial charge in [0.25, 0.3) is 0 Å². The van der Waals surface area contributed by atoms with Crippen molar-refractivity contribution in [3.8, 4) is 0 Å². The van der Waals surface area contributed by atoms with Crippen molar-refractivity contribution in [2.24, 2.45) is 0 Å². The van der Waals surface area contributed by atoms with Crippen LogP contribution in [0.15, 0.2) is 85.3 Å². The summed E-state index contributed by atoms with van der Waals surface area (Å²) >= 11 is 0. The molecule has 0 spiro atoms. The lowest BCUT2D eigenvalue weighted by Crippen LogP contribution is -1.95. The minimum atomic E-state index is 0.865. The van der Waals surface area contributed by atoms with E-state index in [4.69, 9.17) is 0 Å². The first-order valence-electron chi connectivity index (χ1n) is 8.68. The van der Waals surface area contributed by atoms with Crippen LogP contribution in [-0.2, 0) is 19.3 Å². The lowest BCUT2D eigenvalue weighted by molar-refractivity contribution is 0.947. The fourth-order valence-electron chi connectivity index (χ4n) is 3.17. The van der Waals surface area contributed by atoms with Gasteiger partial charge in [0.15, 0.2) is 0 Å². The summed E-state index contributed by atoms with van der Waals surface area (Å²) in [5.41, 5.74) is 5.08. The summed E-state index contributed by atoms with van der Waals surface area (Å²) in [6.07, 6.45) is 8.60. The Balaban J connectivity index is 1.47.